The first kappa shape index (κ1) is 18.0. The molecule has 136 valence electrons. The van der Waals surface area contributed by atoms with E-state index in [2.05, 4.69) is 5.32 Å². The van der Waals surface area contributed by atoms with Crippen LogP contribution in [-0.4, -0.2) is 24.9 Å². The molecule has 0 aromatic heterocycles. The molecule has 1 heterocycles. The molecule has 0 atom stereocenters. The van der Waals surface area contributed by atoms with Crippen molar-refractivity contribution < 1.29 is 22.8 Å². The first-order valence-electron chi connectivity index (χ1n) is 8.28. The van der Waals surface area contributed by atoms with Crippen molar-refractivity contribution in [2.75, 3.05) is 18.0 Å². The third kappa shape index (κ3) is 3.87. The molecule has 0 saturated carbocycles. The van der Waals surface area contributed by atoms with Crippen LogP contribution in [0, 0.1) is 17.5 Å². The molecule has 0 spiro atoms. The number of carbonyl (C=O) groups excluding carboxylic acids is 2. The smallest absolute Gasteiger partial charge is 0.254 e. The van der Waals surface area contributed by atoms with E-state index in [4.69, 9.17) is 0 Å². The lowest BCUT2D eigenvalue weighted by molar-refractivity contribution is -0.118. The van der Waals surface area contributed by atoms with E-state index < -0.39 is 23.4 Å². The molecule has 0 aliphatic carbocycles. The molecular weight excluding hydrogens is 345 g/mol. The average Bonchev–Trinajstić information content (AvgIpc) is 2.60. The van der Waals surface area contributed by atoms with E-state index in [9.17, 15) is 22.8 Å². The lowest BCUT2D eigenvalue weighted by atomic mass is 10.0. The second-order valence-electron chi connectivity index (χ2n) is 6.05. The summed E-state index contributed by atoms with van der Waals surface area (Å²) in [5.74, 6) is -3.13. The molecule has 2 amide bonds. The number of benzene rings is 2. The molecule has 1 N–H and O–H groups in total. The third-order valence-electron chi connectivity index (χ3n) is 4.27. The molecule has 0 saturated heterocycles. The number of hydrogen-bond donors (Lipinski definition) is 1. The molecule has 1 aliphatic rings. The van der Waals surface area contributed by atoms with Crippen LogP contribution in [0.25, 0.3) is 0 Å². The van der Waals surface area contributed by atoms with Crippen LogP contribution >= 0.6 is 0 Å². The fourth-order valence-corrected chi connectivity index (χ4v) is 2.99. The van der Waals surface area contributed by atoms with Gasteiger partial charge in [-0.15, -0.1) is 0 Å². The van der Waals surface area contributed by atoms with Gasteiger partial charge >= 0.3 is 0 Å². The molecule has 0 unspecified atom stereocenters. The summed E-state index contributed by atoms with van der Waals surface area (Å²) in [6.45, 7) is 0.478. The molecule has 2 aromatic carbocycles. The minimum atomic E-state index is -0.964. The Morgan fingerprint density at radius 2 is 1.77 bits per heavy atom. The zero-order valence-electron chi connectivity index (χ0n) is 13.9. The number of nitrogens with one attached hydrogen (secondary N) is 1. The summed E-state index contributed by atoms with van der Waals surface area (Å²) >= 11 is 0. The Hall–Kier alpha value is -2.83. The highest BCUT2D eigenvalue weighted by molar-refractivity contribution is 5.96. The summed E-state index contributed by atoms with van der Waals surface area (Å²) in [4.78, 5) is 25.9. The fourth-order valence-electron chi connectivity index (χ4n) is 2.99. The van der Waals surface area contributed by atoms with Crippen LogP contribution in [0.15, 0.2) is 36.4 Å². The molecule has 0 radical (unpaired) electrons. The van der Waals surface area contributed by atoms with Crippen LogP contribution in [0.2, 0.25) is 0 Å². The Morgan fingerprint density at radius 1 is 1.04 bits per heavy atom. The van der Waals surface area contributed by atoms with Crippen LogP contribution in [0.3, 0.4) is 0 Å². The first-order chi connectivity index (χ1) is 12.5. The van der Waals surface area contributed by atoms with Crippen LogP contribution in [0.1, 0.15) is 28.8 Å². The summed E-state index contributed by atoms with van der Waals surface area (Å²) in [5.41, 5.74) is 1.17. The molecule has 0 fully saturated rings. The van der Waals surface area contributed by atoms with Crippen molar-refractivity contribution in [2.24, 2.45) is 0 Å². The summed E-state index contributed by atoms with van der Waals surface area (Å²) in [5, 5.41) is 2.44. The number of fused-ring (bicyclic) bond motifs is 1. The maximum atomic E-state index is 13.6. The number of halogens is 3. The zero-order chi connectivity index (χ0) is 18.7. The van der Waals surface area contributed by atoms with Gasteiger partial charge in [-0.25, -0.2) is 13.2 Å². The highest BCUT2D eigenvalue weighted by atomic mass is 19.1. The van der Waals surface area contributed by atoms with Gasteiger partial charge in [0.05, 0.1) is 5.56 Å². The number of anilines is 1. The van der Waals surface area contributed by atoms with Crippen LogP contribution < -0.4 is 10.2 Å². The van der Waals surface area contributed by atoms with Crippen molar-refractivity contribution in [1.29, 1.82) is 0 Å². The zero-order valence-corrected chi connectivity index (χ0v) is 13.9. The molecule has 4 nitrogen and oxygen atoms in total. The Kier molecular flexibility index (Phi) is 5.25. The lowest BCUT2D eigenvalue weighted by Crippen LogP contribution is -2.38. The van der Waals surface area contributed by atoms with Crippen molar-refractivity contribution in [2.45, 2.75) is 19.3 Å². The minimum absolute atomic E-state index is 0.00433. The number of nitrogens with zero attached hydrogens (tertiary/aromatic N) is 1. The van der Waals surface area contributed by atoms with Gasteiger partial charge in [-0.3, -0.25) is 9.59 Å². The standard InChI is InChI=1S/C19H17F3N2O2/c20-13-5-6-15(16(22)10-13)19(26)23-8-7-18(25)24-9-1-2-12-3-4-14(21)11-17(12)24/h3-6,10-11H,1-2,7-9H2,(H,23,26). The minimum Gasteiger partial charge on any atom is -0.351 e. The number of amides is 2. The van der Waals surface area contributed by atoms with Crippen molar-refractivity contribution in [1.82, 2.24) is 5.32 Å². The molecular formula is C19H17F3N2O2. The third-order valence-corrected chi connectivity index (χ3v) is 4.27. The number of aryl methyl sites for hydroxylation is 1. The molecule has 3 rings (SSSR count). The van der Waals surface area contributed by atoms with E-state index in [0.717, 1.165) is 30.5 Å². The summed E-state index contributed by atoms with van der Waals surface area (Å²) < 4.78 is 39.9. The van der Waals surface area contributed by atoms with Crippen molar-refractivity contribution in [3.63, 3.8) is 0 Å². The van der Waals surface area contributed by atoms with E-state index in [1.165, 1.54) is 17.0 Å². The van der Waals surface area contributed by atoms with E-state index >= 15 is 0 Å². The lowest BCUT2D eigenvalue weighted by Gasteiger charge is -2.29. The van der Waals surface area contributed by atoms with Crippen LogP contribution in [0.5, 0.6) is 0 Å². The van der Waals surface area contributed by atoms with E-state index in [0.29, 0.717) is 18.3 Å². The second kappa shape index (κ2) is 7.59. The topological polar surface area (TPSA) is 49.4 Å². The van der Waals surface area contributed by atoms with Crippen LogP contribution in [-0.2, 0) is 11.2 Å². The summed E-state index contributed by atoms with van der Waals surface area (Å²) in [7, 11) is 0. The predicted octanol–water partition coefficient (Wildman–Crippen LogP) is 3.20. The van der Waals surface area contributed by atoms with Gasteiger partial charge in [-0.1, -0.05) is 6.07 Å². The summed E-state index contributed by atoms with van der Waals surface area (Å²) in [6.07, 6.45) is 1.54. The van der Waals surface area contributed by atoms with Crippen molar-refractivity contribution >= 4 is 17.5 Å². The van der Waals surface area contributed by atoms with Gasteiger partial charge < -0.3 is 10.2 Å². The largest absolute Gasteiger partial charge is 0.351 e. The quantitative estimate of drug-likeness (QED) is 0.908. The van der Waals surface area contributed by atoms with Crippen LogP contribution in [0.4, 0.5) is 18.9 Å². The van der Waals surface area contributed by atoms with E-state index in [1.807, 2.05) is 0 Å². The number of hydrogen-bond acceptors (Lipinski definition) is 2. The average molecular weight is 362 g/mol. The van der Waals surface area contributed by atoms with Gasteiger partial charge in [0.1, 0.15) is 17.5 Å². The second-order valence-corrected chi connectivity index (χ2v) is 6.05. The van der Waals surface area contributed by atoms with Gasteiger partial charge in [-0.2, -0.15) is 0 Å². The maximum Gasteiger partial charge on any atom is 0.254 e. The normalized spacial score (nSPS) is 13.3. The van der Waals surface area contributed by atoms with Gasteiger partial charge in [-0.05, 0) is 42.7 Å². The first-order valence-corrected chi connectivity index (χ1v) is 8.28. The predicted molar refractivity (Wildman–Crippen MR) is 90.4 cm³/mol. The summed E-state index contributed by atoms with van der Waals surface area (Å²) in [6, 6.07) is 7.03. The highest BCUT2D eigenvalue weighted by Crippen LogP contribution is 2.28. The molecule has 0 bridgehead atoms. The van der Waals surface area contributed by atoms with Crippen molar-refractivity contribution in [3.05, 3.63) is 65.0 Å². The molecule has 26 heavy (non-hydrogen) atoms. The molecule has 2 aromatic rings. The SMILES string of the molecule is O=C(NCCC(=O)N1CCCc2ccc(F)cc21)c1ccc(F)cc1F. The van der Waals surface area contributed by atoms with Gasteiger partial charge in [0.15, 0.2) is 0 Å². The Labute approximate surface area is 148 Å². The Bertz CT molecular complexity index is 855. The number of rotatable bonds is 4. The van der Waals surface area contributed by atoms with Gasteiger partial charge in [0.2, 0.25) is 5.91 Å². The Morgan fingerprint density at radius 3 is 2.54 bits per heavy atom. The van der Waals surface area contributed by atoms with E-state index in [-0.39, 0.29) is 24.4 Å². The monoisotopic (exact) mass is 362 g/mol. The Balaban J connectivity index is 1.60. The van der Waals surface area contributed by atoms with Gasteiger partial charge in [0, 0.05) is 31.3 Å². The number of carbonyl (C=O) groups is 2. The van der Waals surface area contributed by atoms with E-state index in [1.54, 1.807) is 6.07 Å². The van der Waals surface area contributed by atoms with Crippen molar-refractivity contribution in [3.8, 4) is 0 Å². The highest BCUT2D eigenvalue weighted by Gasteiger charge is 2.23. The fraction of sp³-hybridized carbons (Fsp3) is 0.263. The maximum absolute atomic E-state index is 13.6. The van der Waals surface area contributed by atoms with Gasteiger partial charge in [0.25, 0.3) is 5.91 Å². The molecule has 7 heteroatoms. The molecule has 1 aliphatic heterocycles.